The maximum atomic E-state index is 12.6. The summed E-state index contributed by atoms with van der Waals surface area (Å²) in [6.45, 7) is 0.236. The third-order valence-corrected chi connectivity index (χ3v) is 3.60. The van der Waals surface area contributed by atoms with Gasteiger partial charge in [-0.2, -0.15) is 13.2 Å². The van der Waals surface area contributed by atoms with Crippen LogP contribution in [0.4, 0.5) is 13.2 Å². The molecule has 128 valence electrons. The molecule has 0 saturated carbocycles. The van der Waals surface area contributed by atoms with E-state index in [4.69, 9.17) is 27.9 Å². The summed E-state index contributed by atoms with van der Waals surface area (Å²) in [5.74, 6) is 0.186. The third-order valence-electron chi connectivity index (χ3n) is 3.04. The van der Waals surface area contributed by atoms with Crippen LogP contribution in [-0.4, -0.2) is 11.7 Å². The van der Waals surface area contributed by atoms with E-state index < -0.39 is 11.7 Å². The highest BCUT2D eigenvalue weighted by molar-refractivity contribution is 6.37. The van der Waals surface area contributed by atoms with Crippen LogP contribution in [-0.2, 0) is 6.18 Å². The summed E-state index contributed by atoms with van der Waals surface area (Å²) < 4.78 is 43.3. The molecule has 0 spiro atoms. The van der Waals surface area contributed by atoms with Crippen molar-refractivity contribution in [3.8, 4) is 11.5 Å². The van der Waals surface area contributed by atoms with Gasteiger partial charge in [0.2, 0.25) is 0 Å². The standard InChI is InChI=1S/C17H13Cl2F3O2/c18-14-9-13(23)10-15(19)16(14)24-7-2-1-4-11-5-3-6-12(8-11)17(20,21)22/h1,3-6,8-10,23H,2,7H2/b4-1+. The van der Waals surface area contributed by atoms with Crippen molar-refractivity contribution in [3.05, 3.63) is 63.6 Å². The summed E-state index contributed by atoms with van der Waals surface area (Å²) in [7, 11) is 0. The number of hydrogen-bond donors (Lipinski definition) is 1. The Labute approximate surface area is 147 Å². The van der Waals surface area contributed by atoms with Crippen LogP contribution in [0.3, 0.4) is 0 Å². The smallest absolute Gasteiger partial charge is 0.416 e. The molecule has 0 bridgehead atoms. The van der Waals surface area contributed by atoms with Crippen LogP contribution in [0.15, 0.2) is 42.5 Å². The fourth-order valence-electron chi connectivity index (χ4n) is 1.95. The number of alkyl halides is 3. The average Bonchev–Trinajstić information content (AvgIpc) is 2.48. The Hall–Kier alpha value is -1.85. The average molecular weight is 377 g/mol. The van der Waals surface area contributed by atoms with Gasteiger partial charge >= 0.3 is 6.18 Å². The third kappa shape index (κ3) is 5.08. The van der Waals surface area contributed by atoms with Gasteiger partial charge in [-0.1, -0.05) is 47.5 Å². The molecule has 0 amide bonds. The predicted molar refractivity (Wildman–Crippen MR) is 88.7 cm³/mol. The molecular formula is C17H13Cl2F3O2. The minimum absolute atomic E-state index is 0.0678. The zero-order chi connectivity index (χ0) is 17.7. The molecule has 2 rings (SSSR count). The zero-order valence-corrected chi connectivity index (χ0v) is 13.8. The van der Waals surface area contributed by atoms with E-state index in [0.29, 0.717) is 12.0 Å². The molecule has 2 aromatic carbocycles. The molecule has 0 aromatic heterocycles. The van der Waals surface area contributed by atoms with Gasteiger partial charge in [0.25, 0.3) is 0 Å². The normalized spacial score (nSPS) is 11.9. The van der Waals surface area contributed by atoms with E-state index in [0.717, 1.165) is 12.1 Å². The summed E-state index contributed by atoms with van der Waals surface area (Å²) >= 11 is 11.8. The molecule has 2 nitrogen and oxygen atoms in total. The number of phenolic OH excluding ortho intramolecular Hbond substituents is 1. The van der Waals surface area contributed by atoms with Crippen molar-refractivity contribution >= 4 is 29.3 Å². The Kier molecular flexibility index (Phi) is 6.02. The van der Waals surface area contributed by atoms with Gasteiger partial charge in [-0.3, -0.25) is 0 Å². The van der Waals surface area contributed by atoms with E-state index in [1.165, 1.54) is 18.2 Å². The molecule has 0 aliphatic carbocycles. The van der Waals surface area contributed by atoms with Gasteiger partial charge in [0.05, 0.1) is 22.2 Å². The van der Waals surface area contributed by atoms with Crippen molar-refractivity contribution in [2.45, 2.75) is 12.6 Å². The Morgan fingerprint density at radius 2 is 1.75 bits per heavy atom. The van der Waals surface area contributed by atoms with Crippen LogP contribution in [0, 0.1) is 0 Å². The van der Waals surface area contributed by atoms with Crippen LogP contribution >= 0.6 is 23.2 Å². The second-order valence-corrected chi connectivity index (χ2v) is 5.72. The molecule has 2 aromatic rings. The summed E-state index contributed by atoms with van der Waals surface area (Å²) in [5.41, 5.74) is -0.242. The Balaban J connectivity index is 1.92. The summed E-state index contributed by atoms with van der Waals surface area (Å²) in [5, 5.41) is 9.68. The lowest BCUT2D eigenvalue weighted by atomic mass is 10.1. The molecule has 0 fully saturated rings. The van der Waals surface area contributed by atoms with Gasteiger partial charge in [-0.05, 0) is 24.1 Å². The van der Waals surface area contributed by atoms with Gasteiger partial charge < -0.3 is 9.84 Å². The molecular weight excluding hydrogens is 364 g/mol. The molecule has 0 radical (unpaired) electrons. The maximum absolute atomic E-state index is 12.6. The number of rotatable bonds is 5. The van der Waals surface area contributed by atoms with Crippen molar-refractivity contribution in [1.82, 2.24) is 0 Å². The number of benzene rings is 2. The monoisotopic (exact) mass is 376 g/mol. The highest BCUT2D eigenvalue weighted by Crippen LogP contribution is 2.36. The second kappa shape index (κ2) is 7.81. The first-order chi connectivity index (χ1) is 11.3. The van der Waals surface area contributed by atoms with Crippen LogP contribution in [0.1, 0.15) is 17.5 Å². The minimum Gasteiger partial charge on any atom is -0.508 e. The molecule has 0 aliphatic heterocycles. The van der Waals surface area contributed by atoms with Crippen molar-refractivity contribution in [2.75, 3.05) is 6.61 Å². The van der Waals surface area contributed by atoms with E-state index in [1.807, 2.05) is 0 Å². The van der Waals surface area contributed by atoms with Crippen LogP contribution in [0.2, 0.25) is 10.0 Å². The van der Waals surface area contributed by atoms with Crippen molar-refractivity contribution < 1.29 is 23.0 Å². The Morgan fingerprint density at radius 1 is 1.08 bits per heavy atom. The quantitative estimate of drug-likeness (QED) is 0.629. The van der Waals surface area contributed by atoms with Crippen molar-refractivity contribution in [3.63, 3.8) is 0 Å². The van der Waals surface area contributed by atoms with Crippen LogP contribution < -0.4 is 4.74 Å². The molecule has 1 N–H and O–H groups in total. The number of hydrogen-bond acceptors (Lipinski definition) is 2. The number of ether oxygens (including phenoxy) is 1. The van der Waals surface area contributed by atoms with E-state index in [2.05, 4.69) is 0 Å². The fraction of sp³-hybridized carbons (Fsp3) is 0.176. The number of phenols is 1. The van der Waals surface area contributed by atoms with E-state index >= 15 is 0 Å². The summed E-state index contributed by atoms with van der Waals surface area (Å²) in [6.07, 6.45) is -0.639. The Morgan fingerprint density at radius 3 is 2.38 bits per heavy atom. The lowest BCUT2D eigenvalue weighted by Crippen LogP contribution is -2.04. The van der Waals surface area contributed by atoms with Crippen LogP contribution in [0.25, 0.3) is 6.08 Å². The zero-order valence-electron chi connectivity index (χ0n) is 12.3. The van der Waals surface area contributed by atoms with Crippen LogP contribution in [0.5, 0.6) is 11.5 Å². The summed E-state index contributed by atoms with van der Waals surface area (Å²) in [6, 6.07) is 7.65. The van der Waals surface area contributed by atoms with Gasteiger partial charge in [0.1, 0.15) is 5.75 Å². The fourth-order valence-corrected chi connectivity index (χ4v) is 2.54. The van der Waals surface area contributed by atoms with Gasteiger partial charge in [-0.15, -0.1) is 0 Å². The highest BCUT2D eigenvalue weighted by atomic mass is 35.5. The molecule has 7 heteroatoms. The van der Waals surface area contributed by atoms with Gasteiger partial charge in [-0.25, -0.2) is 0 Å². The maximum Gasteiger partial charge on any atom is 0.416 e. The molecule has 0 heterocycles. The molecule has 24 heavy (non-hydrogen) atoms. The molecule has 0 atom stereocenters. The first kappa shape index (κ1) is 18.5. The van der Waals surface area contributed by atoms with E-state index in [-0.39, 0.29) is 28.2 Å². The molecule has 0 aliphatic rings. The topological polar surface area (TPSA) is 29.5 Å². The summed E-state index contributed by atoms with van der Waals surface area (Å²) in [4.78, 5) is 0. The van der Waals surface area contributed by atoms with E-state index in [1.54, 1.807) is 18.2 Å². The van der Waals surface area contributed by atoms with Gasteiger partial charge in [0, 0.05) is 12.1 Å². The molecule has 0 saturated heterocycles. The lowest BCUT2D eigenvalue weighted by molar-refractivity contribution is -0.137. The first-order valence-corrected chi connectivity index (χ1v) is 7.67. The first-order valence-electron chi connectivity index (χ1n) is 6.92. The largest absolute Gasteiger partial charge is 0.508 e. The predicted octanol–water partition coefficient (Wildman–Crippen LogP) is 6.20. The van der Waals surface area contributed by atoms with Gasteiger partial charge in [0.15, 0.2) is 5.75 Å². The number of halogens is 5. The second-order valence-electron chi connectivity index (χ2n) is 4.90. The minimum atomic E-state index is -4.36. The molecule has 0 unspecified atom stereocenters. The van der Waals surface area contributed by atoms with E-state index in [9.17, 15) is 18.3 Å². The van der Waals surface area contributed by atoms with Crippen molar-refractivity contribution in [2.24, 2.45) is 0 Å². The van der Waals surface area contributed by atoms with Crippen molar-refractivity contribution in [1.29, 1.82) is 0 Å². The lowest BCUT2D eigenvalue weighted by Gasteiger charge is -2.09. The highest BCUT2D eigenvalue weighted by Gasteiger charge is 2.30. The Bertz CT molecular complexity index is 720. The number of aromatic hydroxyl groups is 1. The SMILES string of the molecule is Oc1cc(Cl)c(OCC/C=C/c2cccc(C(F)(F)F)c2)c(Cl)c1.